The third kappa shape index (κ3) is 10.5. The lowest BCUT2D eigenvalue weighted by atomic mass is 10.1. The van der Waals surface area contributed by atoms with Crippen molar-refractivity contribution in [2.24, 2.45) is 10.9 Å². The van der Waals surface area contributed by atoms with Crippen molar-refractivity contribution in [2.45, 2.75) is 25.9 Å². The maximum absolute atomic E-state index is 12.7. The van der Waals surface area contributed by atoms with E-state index < -0.39 is 11.7 Å². The highest BCUT2D eigenvalue weighted by Gasteiger charge is 2.30. The van der Waals surface area contributed by atoms with Gasteiger partial charge in [0.1, 0.15) is 0 Å². The molecule has 1 atom stereocenters. The van der Waals surface area contributed by atoms with Crippen LogP contribution in [-0.2, 0) is 15.7 Å². The number of hydrogen-bond donors (Lipinski definition) is 2. The first-order valence-corrected chi connectivity index (χ1v) is 9.83. The smallest absolute Gasteiger partial charge is 0.381 e. The molecule has 1 aromatic carbocycles. The number of halogens is 4. The number of guanidine groups is 1. The van der Waals surface area contributed by atoms with Crippen molar-refractivity contribution < 1.29 is 22.6 Å². The minimum Gasteiger partial charge on any atom is -0.381 e. The van der Waals surface area contributed by atoms with Crippen molar-refractivity contribution in [3.05, 3.63) is 35.4 Å². The van der Waals surface area contributed by atoms with E-state index in [1.807, 2.05) is 6.92 Å². The maximum atomic E-state index is 12.7. The number of alkyl halides is 3. The van der Waals surface area contributed by atoms with Crippen LogP contribution in [0.15, 0.2) is 29.3 Å². The van der Waals surface area contributed by atoms with Gasteiger partial charge in [0.25, 0.3) is 0 Å². The lowest BCUT2D eigenvalue weighted by molar-refractivity contribution is -0.137. The molecule has 0 aliphatic carbocycles. The van der Waals surface area contributed by atoms with Crippen LogP contribution < -0.4 is 10.6 Å². The fourth-order valence-electron chi connectivity index (χ4n) is 2.71. The van der Waals surface area contributed by atoms with Crippen LogP contribution in [0.1, 0.15) is 30.9 Å². The van der Waals surface area contributed by atoms with E-state index >= 15 is 0 Å². The molecule has 168 valence electrons. The molecule has 0 radical (unpaired) electrons. The number of benzene rings is 1. The van der Waals surface area contributed by atoms with E-state index in [9.17, 15) is 13.2 Å². The molecule has 1 fully saturated rings. The first-order valence-electron chi connectivity index (χ1n) is 9.83. The molecule has 1 heterocycles. The second kappa shape index (κ2) is 14.5. The molecule has 0 bridgehead atoms. The Balaban J connectivity index is 0.00000450. The average Bonchev–Trinajstić information content (AvgIpc) is 3.21. The topological polar surface area (TPSA) is 54.9 Å². The fraction of sp³-hybridized carbons (Fsp3) is 0.571. The molecule has 30 heavy (non-hydrogen) atoms. The molecular formula is C21H29F3IN3O2. The predicted octanol–water partition coefficient (Wildman–Crippen LogP) is 3.67. The molecule has 1 saturated heterocycles. The number of nitrogens with one attached hydrogen (secondary N) is 2. The second-order valence-corrected chi connectivity index (χ2v) is 6.65. The van der Waals surface area contributed by atoms with Gasteiger partial charge in [-0.25, -0.2) is 0 Å². The normalized spacial score (nSPS) is 16.4. The van der Waals surface area contributed by atoms with Crippen LogP contribution in [-0.4, -0.2) is 52.0 Å². The van der Waals surface area contributed by atoms with Gasteiger partial charge in [-0.3, -0.25) is 4.99 Å². The average molecular weight is 539 g/mol. The van der Waals surface area contributed by atoms with Crippen molar-refractivity contribution in [2.75, 3.05) is 46.1 Å². The van der Waals surface area contributed by atoms with Gasteiger partial charge in [-0.05, 0) is 38.0 Å². The van der Waals surface area contributed by atoms with Crippen LogP contribution in [0.25, 0.3) is 0 Å². The van der Waals surface area contributed by atoms with E-state index in [0.717, 1.165) is 44.8 Å². The van der Waals surface area contributed by atoms with Crippen molar-refractivity contribution in [3.63, 3.8) is 0 Å². The zero-order valence-electron chi connectivity index (χ0n) is 17.1. The van der Waals surface area contributed by atoms with Crippen LogP contribution in [0.4, 0.5) is 13.2 Å². The zero-order valence-corrected chi connectivity index (χ0v) is 19.4. The zero-order chi connectivity index (χ0) is 21.0. The van der Waals surface area contributed by atoms with Crippen molar-refractivity contribution >= 4 is 29.9 Å². The largest absolute Gasteiger partial charge is 0.416 e. The van der Waals surface area contributed by atoms with E-state index in [2.05, 4.69) is 27.5 Å². The number of aliphatic imine (C=N–C) groups is 1. The summed E-state index contributed by atoms with van der Waals surface area (Å²) in [5.41, 5.74) is -0.372. The van der Waals surface area contributed by atoms with Crippen molar-refractivity contribution in [1.82, 2.24) is 10.6 Å². The van der Waals surface area contributed by atoms with Crippen LogP contribution in [0.2, 0.25) is 0 Å². The number of nitrogens with zero attached hydrogens (tertiary/aromatic N) is 1. The summed E-state index contributed by atoms with van der Waals surface area (Å²) in [5.74, 6) is 6.69. The molecule has 1 unspecified atom stereocenters. The predicted molar refractivity (Wildman–Crippen MR) is 122 cm³/mol. The molecule has 9 heteroatoms. The highest BCUT2D eigenvalue weighted by atomic mass is 127. The SMILES string of the molecule is CCNC(=NCCCOCC1CCOC1)NCC#Cc1cccc(C(F)(F)F)c1.I. The van der Waals surface area contributed by atoms with Crippen molar-refractivity contribution in [3.8, 4) is 11.8 Å². The Kier molecular flexibility index (Phi) is 12.8. The third-order valence-electron chi connectivity index (χ3n) is 4.21. The lowest BCUT2D eigenvalue weighted by Crippen LogP contribution is -2.37. The van der Waals surface area contributed by atoms with E-state index in [1.54, 1.807) is 6.07 Å². The first-order chi connectivity index (χ1) is 14.0. The van der Waals surface area contributed by atoms with Gasteiger partial charge in [0, 0.05) is 37.8 Å². The summed E-state index contributed by atoms with van der Waals surface area (Å²) in [7, 11) is 0. The Bertz CT molecular complexity index is 711. The second-order valence-electron chi connectivity index (χ2n) is 6.65. The van der Waals surface area contributed by atoms with E-state index in [-0.39, 0.29) is 30.5 Å². The molecule has 2 rings (SSSR count). The van der Waals surface area contributed by atoms with Crippen LogP contribution in [0, 0.1) is 17.8 Å². The van der Waals surface area contributed by atoms with Gasteiger partial charge in [-0.15, -0.1) is 24.0 Å². The summed E-state index contributed by atoms with van der Waals surface area (Å²) in [5, 5.41) is 6.17. The van der Waals surface area contributed by atoms with Gasteiger partial charge in [0.05, 0.1) is 25.3 Å². The molecule has 0 spiro atoms. The molecule has 0 saturated carbocycles. The minimum absolute atomic E-state index is 0. The number of ether oxygens (including phenoxy) is 2. The Morgan fingerprint density at radius 2 is 2.17 bits per heavy atom. The summed E-state index contributed by atoms with van der Waals surface area (Å²) in [6.45, 7) is 6.53. The highest BCUT2D eigenvalue weighted by molar-refractivity contribution is 14.0. The standard InChI is InChI=1S/C21H28F3N3O2.HI/c1-2-25-20(27-11-5-12-28-15-18-9-13-29-16-18)26-10-4-7-17-6-3-8-19(14-17)21(22,23)24;/h3,6,8,14,18H,2,5,9-13,15-16H2,1H3,(H2,25,26,27);1H. The molecule has 1 aliphatic heterocycles. The Morgan fingerprint density at radius 3 is 2.87 bits per heavy atom. The summed E-state index contributed by atoms with van der Waals surface area (Å²) >= 11 is 0. The van der Waals surface area contributed by atoms with E-state index in [0.29, 0.717) is 37.1 Å². The highest BCUT2D eigenvalue weighted by Crippen LogP contribution is 2.29. The van der Waals surface area contributed by atoms with Crippen molar-refractivity contribution in [1.29, 1.82) is 0 Å². The van der Waals surface area contributed by atoms with E-state index in [4.69, 9.17) is 9.47 Å². The summed E-state index contributed by atoms with van der Waals surface area (Å²) < 4.78 is 49.1. The molecule has 0 aromatic heterocycles. The van der Waals surface area contributed by atoms with Gasteiger partial charge in [0.2, 0.25) is 0 Å². The summed E-state index contributed by atoms with van der Waals surface area (Å²) in [6, 6.07) is 4.99. The molecule has 1 aromatic rings. The molecule has 5 nitrogen and oxygen atoms in total. The fourth-order valence-corrected chi connectivity index (χ4v) is 2.71. The van der Waals surface area contributed by atoms with Gasteiger partial charge in [-0.2, -0.15) is 13.2 Å². The maximum Gasteiger partial charge on any atom is 0.416 e. The van der Waals surface area contributed by atoms with Crippen LogP contribution >= 0.6 is 24.0 Å². The summed E-state index contributed by atoms with van der Waals surface area (Å²) in [6.07, 6.45) is -2.50. The Morgan fingerprint density at radius 1 is 1.33 bits per heavy atom. The monoisotopic (exact) mass is 539 g/mol. The Labute approximate surface area is 193 Å². The van der Waals surface area contributed by atoms with Gasteiger partial charge in [-0.1, -0.05) is 17.9 Å². The van der Waals surface area contributed by atoms with Gasteiger partial charge < -0.3 is 20.1 Å². The Hall–Kier alpha value is -1.51. The molecule has 2 N–H and O–H groups in total. The first kappa shape index (κ1) is 26.5. The van der Waals surface area contributed by atoms with Gasteiger partial charge in [0.15, 0.2) is 5.96 Å². The molecule has 0 amide bonds. The number of rotatable bonds is 8. The van der Waals surface area contributed by atoms with E-state index in [1.165, 1.54) is 6.07 Å². The van der Waals surface area contributed by atoms with Crippen LogP contribution in [0.3, 0.4) is 0 Å². The van der Waals surface area contributed by atoms with Gasteiger partial charge >= 0.3 is 6.18 Å². The minimum atomic E-state index is -4.37. The molecular weight excluding hydrogens is 510 g/mol. The summed E-state index contributed by atoms with van der Waals surface area (Å²) in [4.78, 5) is 4.45. The molecule has 1 aliphatic rings. The lowest BCUT2D eigenvalue weighted by Gasteiger charge is -2.10. The van der Waals surface area contributed by atoms with Crippen LogP contribution in [0.5, 0.6) is 0 Å². The quantitative estimate of drug-likeness (QED) is 0.174. The third-order valence-corrected chi connectivity index (χ3v) is 4.21. The number of hydrogen-bond acceptors (Lipinski definition) is 3.